The summed E-state index contributed by atoms with van der Waals surface area (Å²) in [6, 6.07) is 0.339. The lowest BCUT2D eigenvalue weighted by Crippen LogP contribution is -2.50. The van der Waals surface area contributed by atoms with Crippen LogP contribution in [0.3, 0.4) is 0 Å². The Morgan fingerprint density at radius 2 is 2.00 bits per heavy atom. The summed E-state index contributed by atoms with van der Waals surface area (Å²) in [5.41, 5.74) is -1.73. The number of esters is 1. The van der Waals surface area contributed by atoms with Crippen molar-refractivity contribution in [1.82, 2.24) is 5.32 Å². The molecule has 0 aromatic carbocycles. The number of hydrogen-bond acceptors (Lipinski definition) is 3. The predicted octanol–water partition coefficient (Wildman–Crippen LogP) is 0.782. The van der Waals surface area contributed by atoms with Crippen LogP contribution in [-0.2, 0) is 9.53 Å². The van der Waals surface area contributed by atoms with Gasteiger partial charge in [0.15, 0.2) is 0 Å². The van der Waals surface area contributed by atoms with Crippen molar-refractivity contribution in [2.75, 3.05) is 7.11 Å². The van der Waals surface area contributed by atoms with Crippen LogP contribution in [-0.4, -0.2) is 30.8 Å². The Morgan fingerprint density at radius 3 is 2.46 bits per heavy atom. The van der Waals surface area contributed by atoms with Crippen LogP contribution in [0.4, 0.5) is 4.39 Å². The van der Waals surface area contributed by atoms with Crippen LogP contribution in [0.1, 0.15) is 25.7 Å². The molecule has 2 atom stereocenters. The zero-order valence-electron chi connectivity index (χ0n) is 7.68. The van der Waals surface area contributed by atoms with Gasteiger partial charge in [-0.3, -0.25) is 0 Å². The number of nitrogens with one attached hydrogen (secondary N) is 1. The minimum absolute atomic E-state index is 0.169. The van der Waals surface area contributed by atoms with E-state index in [1.165, 1.54) is 7.11 Å². The molecule has 0 aliphatic carbocycles. The standard InChI is InChI=1S/C9H14FNO2/c1-13-8(12)9(10)4-6-2-3-7(5-9)11-6/h6-7,11H,2-5H2,1H3. The third-order valence-electron chi connectivity index (χ3n) is 3.03. The predicted molar refractivity (Wildman–Crippen MR) is 45.0 cm³/mol. The second kappa shape index (κ2) is 2.94. The highest BCUT2D eigenvalue weighted by Crippen LogP contribution is 2.37. The highest BCUT2D eigenvalue weighted by atomic mass is 19.1. The SMILES string of the molecule is COC(=O)C1(F)CC2CCC(C1)N2. The van der Waals surface area contributed by atoms with E-state index in [4.69, 9.17) is 0 Å². The molecule has 2 aliphatic rings. The molecule has 74 valence electrons. The van der Waals surface area contributed by atoms with Gasteiger partial charge in [-0.25, -0.2) is 9.18 Å². The van der Waals surface area contributed by atoms with Crippen LogP contribution in [0.25, 0.3) is 0 Å². The van der Waals surface area contributed by atoms with Crippen LogP contribution in [0.15, 0.2) is 0 Å². The summed E-state index contributed by atoms with van der Waals surface area (Å²) in [7, 11) is 1.24. The number of halogens is 1. The summed E-state index contributed by atoms with van der Waals surface area (Å²) in [4.78, 5) is 11.2. The monoisotopic (exact) mass is 187 g/mol. The van der Waals surface area contributed by atoms with Crippen molar-refractivity contribution in [2.24, 2.45) is 0 Å². The molecule has 0 aromatic rings. The first-order chi connectivity index (χ1) is 6.14. The highest BCUT2D eigenvalue weighted by Gasteiger charge is 2.49. The molecule has 3 nitrogen and oxygen atoms in total. The van der Waals surface area contributed by atoms with Crippen molar-refractivity contribution in [1.29, 1.82) is 0 Å². The highest BCUT2D eigenvalue weighted by molar-refractivity contribution is 5.79. The van der Waals surface area contributed by atoms with Crippen LogP contribution >= 0.6 is 0 Å². The van der Waals surface area contributed by atoms with E-state index in [2.05, 4.69) is 10.1 Å². The summed E-state index contributed by atoms with van der Waals surface area (Å²) < 4.78 is 18.5. The van der Waals surface area contributed by atoms with Gasteiger partial charge < -0.3 is 10.1 Å². The number of rotatable bonds is 1. The number of carbonyl (C=O) groups excluding carboxylic acids is 1. The van der Waals surface area contributed by atoms with Crippen LogP contribution < -0.4 is 5.32 Å². The van der Waals surface area contributed by atoms with Gasteiger partial charge in [0.25, 0.3) is 0 Å². The van der Waals surface area contributed by atoms with Gasteiger partial charge in [0, 0.05) is 24.9 Å². The van der Waals surface area contributed by atoms with E-state index in [1.807, 2.05) is 0 Å². The number of hydrogen-bond donors (Lipinski definition) is 1. The Kier molecular flexibility index (Phi) is 2.02. The molecule has 2 rings (SSSR count). The second-order valence-electron chi connectivity index (χ2n) is 4.00. The van der Waals surface area contributed by atoms with Gasteiger partial charge in [-0.1, -0.05) is 0 Å². The van der Waals surface area contributed by atoms with Gasteiger partial charge in [-0.15, -0.1) is 0 Å². The van der Waals surface area contributed by atoms with Crippen molar-refractivity contribution < 1.29 is 13.9 Å². The average Bonchev–Trinajstić information content (AvgIpc) is 2.44. The van der Waals surface area contributed by atoms with Gasteiger partial charge in [0.2, 0.25) is 5.67 Å². The number of alkyl halides is 1. The first-order valence-electron chi connectivity index (χ1n) is 4.67. The molecule has 2 aliphatic heterocycles. The van der Waals surface area contributed by atoms with E-state index in [0.29, 0.717) is 0 Å². The average molecular weight is 187 g/mol. The molecule has 2 saturated heterocycles. The Balaban J connectivity index is 2.12. The van der Waals surface area contributed by atoms with Gasteiger partial charge in [0.05, 0.1) is 7.11 Å². The molecule has 2 unspecified atom stereocenters. The van der Waals surface area contributed by atoms with E-state index < -0.39 is 11.6 Å². The van der Waals surface area contributed by atoms with Crippen LogP contribution in [0, 0.1) is 0 Å². The van der Waals surface area contributed by atoms with Crippen molar-refractivity contribution in [3.8, 4) is 0 Å². The lowest BCUT2D eigenvalue weighted by molar-refractivity contribution is -0.157. The number of ether oxygens (including phenoxy) is 1. The fourth-order valence-electron chi connectivity index (χ4n) is 2.44. The van der Waals surface area contributed by atoms with E-state index in [-0.39, 0.29) is 24.9 Å². The van der Waals surface area contributed by atoms with Gasteiger partial charge in [0.1, 0.15) is 0 Å². The second-order valence-corrected chi connectivity index (χ2v) is 4.00. The largest absolute Gasteiger partial charge is 0.467 e. The maximum Gasteiger partial charge on any atom is 0.343 e. The molecule has 2 bridgehead atoms. The maximum atomic E-state index is 14.0. The van der Waals surface area contributed by atoms with E-state index in [9.17, 15) is 9.18 Å². The molecule has 0 radical (unpaired) electrons. The third-order valence-corrected chi connectivity index (χ3v) is 3.03. The van der Waals surface area contributed by atoms with Gasteiger partial charge in [-0.05, 0) is 12.8 Å². The van der Waals surface area contributed by atoms with E-state index in [0.717, 1.165) is 12.8 Å². The maximum absolute atomic E-state index is 14.0. The van der Waals surface area contributed by atoms with Gasteiger partial charge >= 0.3 is 5.97 Å². The molecule has 4 heteroatoms. The summed E-state index contributed by atoms with van der Waals surface area (Å²) in [6.07, 6.45) is 2.51. The molecule has 0 amide bonds. The Bertz CT molecular complexity index is 220. The molecular formula is C9H14FNO2. The summed E-state index contributed by atoms with van der Waals surface area (Å²) >= 11 is 0. The normalized spacial score (nSPS) is 43.2. The van der Waals surface area contributed by atoms with Crippen LogP contribution in [0.2, 0.25) is 0 Å². The Hall–Kier alpha value is -0.640. The van der Waals surface area contributed by atoms with Crippen LogP contribution in [0.5, 0.6) is 0 Å². The van der Waals surface area contributed by atoms with Crippen molar-refractivity contribution in [3.05, 3.63) is 0 Å². The molecule has 0 saturated carbocycles. The smallest absolute Gasteiger partial charge is 0.343 e. The zero-order valence-corrected chi connectivity index (χ0v) is 7.68. The summed E-state index contributed by atoms with van der Waals surface area (Å²) in [5, 5.41) is 3.28. The van der Waals surface area contributed by atoms with Crippen molar-refractivity contribution >= 4 is 5.97 Å². The molecule has 2 heterocycles. The molecular weight excluding hydrogens is 173 g/mol. The Labute approximate surface area is 76.6 Å². The molecule has 13 heavy (non-hydrogen) atoms. The number of methoxy groups -OCH3 is 1. The van der Waals surface area contributed by atoms with E-state index in [1.54, 1.807) is 0 Å². The fourth-order valence-corrected chi connectivity index (χ4v) is 2.44. The zero-order chi connectivity index (χ0) is 9.47. The van der Waals surface area contributed by atoms with Crippen molar-refractivity contribution in [2.45, 2.75) is 43.4 Å². The fraction of sp³-hybridized carbons (Fsp3) is 0.889. The first-order valence-corrected chi connectivity index (χ1v) is 4.67. The van der Waals surface area contributed by atoms with Gasteiger partial charge in [-0.2, -0.15) is 0 Å². The van der Waals surface area contributed by atoms with Crippen molar-refractivity contribution in [3.63, 3.8) is 0 Å². The molecule has 0 aromatic heterocycles. The molecule has 1 N–H and O–H groups in total. The topological polar surface area (TPSA) is 38.3 Å². The summed E-state index contributed by atoms with van der Waals surface area (Å²) in [5.74, 6) is -0.703. The lowest BCUT2D eigenvalue weighted by Gasteiger charge is -2.32. The Morgan fingerprint density at radius 1 is 1.46 bits per heavy atom. The minimum atomic E-state index is -1.73. The number of carbonyl (C=O) groups is 1. The molecule has 2 fully saturated rings. The quantitative estimate of drug-likeness (QED) is 0.616. The number of piperidine rings is 1. The molecule has 0 spiro atoms. The minimum Gasteiger partial charge on any atom is -0.467 e. The number of fused-ring (bicyclic) bond motifs is 2. The summed E-state index contributed by atoms with van der Waals surface area (Å²) in [6.45, 7) is 0. The van der Waals surface area contributed by atoms with E-state index >= 15 is 0 Å². The first kappa shape index (κ1) is 8.94. The third kappa shape index (κ3) is 1.43. The lowest BCUT2D eigenvalue weighted by atomic mass is 9.89.